The number of fused-ring (bicyclic) bond motifs is 3. The predicted molar refractivity (Wildman–Crippen MR) is 104 cm³/mol. The SMILES string of the molecule is CCOC(=O)c1ccc(N2CCCn3c2nc2c3c(=O)n(C)c(=O)n2C)cc1. The molecule has 0 unspecified atom stereocenters. The number of aromatic nitrogens is 4. The minimum absolute atomic E-state index is 0.324. The molecular formula is C19H21N5O4. The number of ether oxygens (including phenoxy) is 1. The summed E-state index contributed by atoms with van der Waals surface area (Å²) in [6.07, 6.45) is 0.823. The van der Waals surface area contributed by atoms with Gasteiger partial charge >= 0.3 is 11.7 Å². The van der Waals surface area contributed by atoms with Gasteiger partial charge in [-0.1, -0.05) is 0 Å². The lowest BCUT2D eigenvalue weighted by Crippen LogP contribution is -2.38. The monoisotopic (exact) mass is 383 g/mol. The van der Waals surface area contributed by atoms with Gasteiger partial charge in [0.05, 0.1) is 12.2 Å². The van der Waals surface area contributed by atoms with E-state index in [0.717, 1.165) is 23.2 Å². The van der Waals surface area contributed by atoms with Crippen LogP contribution in [0.25, 0.3) is 11.2 Å². The van der Waals surface area contributed by atoms with Crippen LogP contribution in [0.4, 0.5) is 11.6 Å². The highest BCUT2D eigenvalue weighted by Gasteiger charge is 2.26. The van der Waals surface area contributed by atoms with Crippen LogP contribution in [0.5, 0.6) is 0 Å². The fourth-order valence-electron chi connectivity index (χ4n) is 3.58. The molecule has 0 amide bonds. The fourth-order valence-corrected chi connectivity index (χ4v) is 3.58. The molecule has 0 atom stereocenters. The summed E-state index contributed by atoms with van der Waals surface area (Å²) in [6.45, 7) is 3.46. The lowest BCUT2D eigenvalue weighted by molar-refractivity contribution is 0.0526. The number of imidazole rings is 1. The van der Waals surface area contributed by atoms with Gasteiger partial charge in [0, 0.05) is 32.9 Å². The summed E-state index contributed by atoms with van der Waals surface area (Å²) < 4.78 is 9.38. The normalized spacial score (nSPS) is 13.6. The second-order valence-corrected chi connectivity index (χ2v) is 6.71. The number of hydrogen-bond acceptors (Lipinski definition) is 6. The Bertz CT molecular complexity index is 1190. The molecule has 28 heavy (non-hydrogen) atoms. The van der Waals surface area contributed by atoms with E-state index in [2.05, 4.69) is 4.98 Å². The molecule has 0 fully saturated rings. The van der Waals surface area contributed by atoms with Gasteiger partial charge in [0.1, 0.15) is 0 Å². The number of nitrogens with zero attached hydrogens (tertiary/aromatic N) is 5. The molecule has 0 spiro atoms. The van der Waals surface area contributed by atoms with Gasteiger partial charge in [0.25, 0.3) is 5.56 Å². The van der Waals surface area contributed by atoms with Crippen LogP contribution in [0.15, 0.2) is 33.9 Å². The zero-order valence-corrected chi connectivity index (χ0v) is 16.0. The van der Waals surface area contributed by atoms with Gasteiger partial charge < -0.3 is 14.2 Å². The second kappa shape index (κ2) is 6.66. The number of aryl methyl sites for hydroxylation is 2. The first-order chi connectivity index (χ1) is 13.4. The molecule has 146 valence electrons. The molecular weight excluding hydrogens is 362 g/mol. The van der Waals surface area contributed by atoms with E-state index in [1.54, 1.807) is 26.1 Å². The van der Waals surface area contributed by atoms with Crippen LogP contribution in [0.2, 0.25) is 0 Å². The van der Waals surface area contributed by atoms with Crippen molar-refractivity contribution in [2.24, 2.45) is 14.1 Å². The average molecular weight is 383 g/mol. The molecule has 2 aromatic heterocycles. The molecule has 9 heteroatoms. The average Bonchev–Trinajstić information content (AvgIpc) is 3.11. The van der Waals surface area contributed by atoms with Crippen LogP contribution in [0.3, 0.4) is 0 Å². The first-order valence-electron chi connectivity index (χ1n) is 9.15. The Morgan fingerprint density at radius 2 is 1.82 bits per heavy atom. The molecule has 0 saturated heterocycles. The first kappa shape index (κ1) is 18.0. The van der Waals surface area contributed by atoms with Gasteiger partial charge in [0.2, 0.25) is 5.95 Å². The van der Waals surface area contributed by atoms with E-state index in [9.17, 15) is 14.4 Å². The highest BCUT2D eigenvalue weighted by Crippen LogP contribution is 2.31. The van der Waals surface area contributed by atoms with Crippen molar-refractivity contribution >= 4 is 28.8 Å². The van der Waals surface area contributed by atoms with Crippen molar-refractivity contribution < 1.29 is 9.53 Å². The summed E-state index contributed by atoms with van der Waals surface area (Å²) in [6, 6.07) is 7.09. The maximum atomic E-state index is 12.7. The third-order valence-corrected chi connectivity index (χ3v) is 5.02. The van der Waals surface area contributed by atoms with Gasteiger partial charge in [-0.05, 0) is 37.6 Å². The van der Waals surface area contributed by atoms with E-state index < -0.39 is 5.69 Å². The lowest BCUT2D eigenvalue weighted by Gasteiger charge is -2.29. The molecule has 1 aliphatic heterocycles. The molecule has 3 aromatic rings. The van der Waals surface area contributed by atoms with E-state index in [1.165, 1.54) is 11.6 Å². The largest absolute Gasteiger partial charge is 0.462 e. The summed E-state index contributed by atoms with van der Waals surface area (Å²) in [5, 5.41) is 0. The molecule has 1 aromatic carbocycles. The molecule has 3 heterocycles. The maximum absolute atomic E-state index is 12.7. The Kier molecular flexibility index (Phi) is 4.29. The van der Waals surface area contributed by atoms with E-state index in [4.69, 9.17) is 4.74 Å². The fraction of sp³-hybridized carbons (Fsp3) is 0.368. The highest BCUT2D eigenvalue weighted by molar-refractivity contribution is 5.90. The smallest absolute Gasteiger partial charge is 0.338 e. The van der Waals surface area contributed by atoms with Crippen LogP contribution >= 0.6 is 0 Å². The van der Waals surface area contributed by atoms with Crippen LogP contribution < -0.4 is 16.1 Å². The Hall–Kier alpha value is -3.36. The number of carbonyl (C=O) groups excluding carboxylic acids is 1. The predicted octanol–water partition coefficient (Wildman–Crippen LogP) is 1.15. The quantitative estimate of drug-likeness (QED) is 0.630. The summed E-state index contributed by atoms with van der Waals surface area (Å²) in [7, 11) is 3.08. The van der Waals surface area contributed by atoms with Crippen LogP contribution in [0, 0.1) is 0 Å². The zero-order valence-electron chi connectivity index (χ0n) is 16.0. The van der Waals surface area contributed by atoms with E-state index in [-0.39, 0.29) is 11.5 Å². The Balaban J connectivity index is 1.83. The number of benzene rings is 1. The Morgan fingerprint density at radius 1 is 1.11 bits per heavy atom. The molecule has 1 aliphatic rings. The third kappa shape index (κ3) is 2.62. The topological polar surface area (TPSA) is 91.4 Å². The van der Waals surface area contributed by atoms with Gasteiger partial charge in [-0.3, -0.25) is 13.9 Å². The van der Waals surface area contributed by atoms with E-state index in [0.29, 0.717) is 35.8 Å². The van der Waals surface area contributed by atoms with Crippen molar-refractivity contribution in [1.29, 1.82) is 0 Å². The van der Waals surface area contributed by atoms with Crippen LogP contribution in [-0.2, 0) is 25.4 Å². The Morgan fingerprint density at radius 3 is 2.50 bits per heavy atom. The lowest BCUT2D eigenvalue weighted by atomic mass is 10.2. The van der Waals surface area contributed by atoms with Gasteiger partial charge in [-0.25, -0.2) is 9.59 Å². The van der Waals surface area contributed by atoms with Gasteiger partial charge in [0.15, 0.2) is 11.2 Å². The number of hydrogen-bond donors (Lipinski definition) is 0. The number of rotatable bonds is 3. The zero-order chi connectivity index (χ0) is 20.0. The second-order valence-electron chi connectivity index (χ2n) is 6.71. The third-order valence-electron chi connectivity index (χ3n) is 5.02. The van der Waals surface area contributed by atoms with Gasteiger partial charge in [-0.2, -0.15) is 4.98 Å². The molecule has 0 saturated carbocycles. The number of carbonyl (C=O) groups is 1. The maximum Gasteiger partial charge on any atom is 0.338 e. The van der Waals surface area contributed by atoms with Gasteiger partial charge in [-0.15, -0.1) is 0 Å². The molecule has 9 nitrogen and oxygen atoms in total. The van der Waals surface area contributed by atoms with E-state index in [1.807, 2.05) is 21.6 Å². The minimum Gasteiger partial charge on any atom is -0.462 e. The van der Waals surface area contributed by atoms with Crippen LogP contribution in [-0.4, -0.2) is 37.8 Å². The Labute approximate surface area is 160 Å². The van der Waals surface area contributed by atoms with Crippen molar-refractivity contribution in [1.82, 2.24) is 18.7 Å². The summed E-state index contributed by atoms with van der Waals surface area (Å²) in [5.41, 5.74) is 1.37. The van der Waals surface area contributed by atoms with Crippen molar-refractivity contribution in [3.05, 3.63) is 50.7 Å². The summed E-state index contributed by atoms with van der Waals surface area (Å²) in [4.78, 5) is 43.4. The van der Waals surface area contributed by atoms with Crippen molar-refractivity contribution in [3.63, 3.8) is 0 Å². The van der Waals surface area contributed by atoms with Crippen molar-refractivity contribution in [2.75, 3.05) is 18.1 Å². The highest BCUT2D eigenvalue weighted by atomic mass is 16.5. The molecule has 0 bridgehead atoms. The first-order valence-corrected chi connectivity index (χ1v) is 9.15. The molecule has 0 radical (unpaired) electrons. The van der Waals surface area contributed by atoms with Crippen LogP contribution in [0.1, 0.15) is 23.7 Å². The summed E-state index contributed by atoms with van der Waals surface area (Å²) in [5.74, 6) is 0.252. The van der Waals surface area contributed by atoms with Crippen molar-refractivity contribution in [3.8, 4) is 0 Å². The molecule has 0 N–H and O–H groups in total. The van der Waals surface area contributed by atoms with E-state index >= 15 is 0 Å². The number of anilines is 2. The summed E-state index contributed by atoms with van der Waals surface area (Å²) >= 11 is 0. The number of esters is 1. The van der Waals surface area contributed by atoms with Crippen molar-refractivity contribution in [2.45, 2.75) is 19.9 Å². The standard InChI is InChI=1S/C19H21N5O4/c1-4-28-17(26)12-6-8-13(9-7-12)23-10-5-11-24-14-15(20-18(23)24)21(2)19(27)22(3)16(14)25/h6-9H,4-5,10-11H2,1-3H3. The molecule has 4 rings (SSSR count). The minimum atomic E-state index is -0.404. The molecule has 0 aliphatic carbocycles.